The maximum absolute atomic E-state index is 13.2. The van der Waals surface area contributed by atoms with Gasteiger partial charge < -0.3 is 9.64 Å². The molecule has 90 valence electrons. The SMILES string of the molecule is COC(=O)CCN(C)c1cc(F)cc(C#N)c1. The average molecular weight is 236 g/mol. The van der Waals surface area contributed by atoms with E-state index in [4.69, 9.17) is 5.26 Å². The molecule has 0 N–H and O–H groups in total. The van der Waals surface area contributed by atoms with E-state index < -0.39 is 5.82 Å². The van der Waals surface area contributed by atoms with Crippen LogP contribution in [-0.4, -0.2) is 26.7 Å². The van der Waals surface area contributed by atoms with Gasteiger partial charge in [-0.2, -0.15) is 5.26 Å². The molecule has 1 rings (SSSR count). The minimum absolute atomic E-state index is 0.214. The van der Waals surface area contributed by atoms with E-state index in [0.717, 1.165) is 6.07 Å². The molecule has 0 aromatic heterocycles. The van der Waals surface area contributed by atoms with Crippen molar-refractivity contribution in [3.63, 3.8) is 0 Å². The normalized spacial score (nSPS) is 9.53. The van der Waals surface area contributed by atoms with E-state index in [2.05, 4.69) is 4.74 Å². The Bertz CT molecular complexity index is 454. The van der Waals surface area contributed by atoms with Crippen LogP contribution in [0.3, 0.4) is 0 Å². The first-order chi connectivity index (χ1) is 8.06. The number of rotatable bonds is 4. The molecule has 0 atom stereocenters. The molecular weight excluding hydrogens is 223 g/mol. The van der Waals surface area contributed by atoms with Crippen molar-refractivity contribution >= 4 is 11.7 Å². The third-order valence-electron chi connectivity index (χ3n) is 2.33. The summed E-state index contributed by atoms with van der Waals surface area (Å²) < 4.78 is 17.7. The van der Waals surface area contributed by atoms with Crippen molar-refractivity contribution in [1.82, 2.24) is 0 Å². The first-order valence-electron chi connectivity index (χ1n) is 5.05. The summed E-state index contributed by atoms with van der Waals surface area (Å²) in [5, 5.41) is 8.72. The number of halogens is 1. The Labute approximate surface area is 99.2 Å². The van der Waals surface area contributed by atoms with Gasteiger partial charge in [-0.15, -0.1) is 0 Å². The fourth-order valence-electron chi connectivity index (χ4n) is 1.35. The fraction of sp³-hybridized carbons (Fsp3) is 0.333. The quantitative estimate of drug-likeness (QED) is 0.746. The second kappa shape index (κ2) is 5.85. The van der Waals surface area contributed by atoms with Crippen LogP contribution in [0, 0.1) is 17.1 Å². The monoisotopic (exact) mass is 236 g/mol. The first-order valence-corrected chi connectivity index (χ1v) is 5.05. The summed E-state index contributed by atoms with van der Waals surface area (Å²) in [7, 11) is 3.04. The van der Waals surface area contributed by atoms with Crippen LogP contribution in [0.5, 0.6) is 0 Å². The van der Waals surface area contributed by atoms with Crippen LogP contribution >= 0.6 is 0 Å². The largest absolute Gasteiger partial charge is 0.469 e. The summed E-state index contributed by atoms with van der Waals surface area (Å²) in [4.78, 5) is 12.7. The average Bonchev–Trinajstić information content (AvgIpc) is 2.34. The minimum Gasteiger partial charge on any atom is -0.469 e. The first kappa shape index (κ1) is 13.0. The summed E-state index contributed by atoms with van der Waals surface area (Å²) >= 11 is 0. The van der Waals surface area contributed by atoms with Crippen LogP contribution in [0.15, 0.2) is 18.2 Å². The lowest BCUT2D eigenvalue weighted by atomic mass is 10.2. The number of nitrogens with zero attached hydrogens (tertiary/aromatic N) is 2. The highest BCUT2D eigenvalue weighted by atomic mass is 19.1. The van der Waals surface area contributed by atoms with Gasteiger partial charge in [-0.3, -0.25) is 4.79 Å². The van der Waals surface area contributed by atoms with Gasteiger partial charge in [-0.1, -0.05) is 0 Å². The third-order valence-corrected chi connectivity index (χ3v) is 2.33. The van der Waals surface area contributed by atoms with Gasteiger partial charge in [0, 0.05) is 19.3 Å². The van der Waals surface area contributed by atoms with E-state index in [1.807, 2.05) is 6.07 Å². The second-order valence-corrected chi connectivity index (χ2v) is 3.56. The highest BCUT2D eigenvalue weighted by Crippen LogP contribution is 2.17. The Balaban J connectivity index is 2.75. The molecule has 4 nitrogen and oxygen atoms in total. The Morgan fingerprint density at radius 3 is 2.82 bits per heavy atom. The zero-order chi connectivity index (χ0) is 12.8. The van der Waals surface area contributed by atoms with Crippen molar-refractivity contribution in [3.05, 3.63) is 29.6 Å². The molecule has 0 unspecified atom stereocenters. The van der Waals surface area contributed by atoms with E-state index in [9.17, 15) is 9.18 Å². The van der Waals surface area contributed by atoms with Crippen LogP contribution in [0.2, 0.25) is 0 Å². The molecule has 1 aromatic carbocycles. The lowest BCUT2D eigenvalue weighted by Crippen LogP contribution is -2.21. The van der Waals surface area contributed by atoms with Crippen molar-refractivity contribution in [3.8, 4) is 6.07 Å². The number of benzene rings is 1. The van der Waals surface area contributed by atoms with Gasteiger partial charge in [-0.05, 0) is 18.2 Å². The van der Waals surface area contributed by atoms with Gasteiger partial charge in [0.2, 0.25) is 0 Å². The molecule has 17 heavy (non-hydrogen) atoms. The number of hydrogen-bond donors (Lipinski definition) is 0. The molecule has 0 fully saturated rings. The van der Waals surface area contributed by atoms with Crippen molar-refractivity contribution in [1.29, 1.82) is 5.26 Å². The van der Waals surface area contributed by atoms with Gasteiger partial charge in [0.25, 0.3) is 0 Å². The van der Waals surface area contributed by atoms with E-state index >= 15 is 0 Å². The predicted octanol–water partition coefficient (Wildman–Crippen LogP) is 1.70. The van der Waals surface area contributed by atoms with Gasteiger partial charge in [0.05, 0.1) is 25.2 Å². The number of nitriles is 1. The topological polar surface area (TPSA) is 53.3 Å². The number of carbonyl (C=O) groups excluding carboxylic acids is 1. The molecule has 0 saturated heterocycles. The molecule has 0 amide bonds. The van der Waals surface area contributed by atoms with Gasteiger partial charge in [-0.25, -0.2) is 4.39 Å². The Morgan fingerprint density at radius 1 is 1.53 bits per heavy atom. The van der Waals surface area contributed by atoms with Crippen LogP contribution in [0.25, 0.3) is 0 Å². The van der Waals surface area contributed by atoms with E-state index in [0.29, 0.717) is 12.2 Å². The number of ether oxygens (including phenoxy) is 1. The molecule has 5 heteroatoms. The molecule has 0 spiro atoms. The number of methoxy groups -OCH3 is 1. The second-order valence-electron chi connectivity index (χ2n) is 3.56. The molecule has 0 aliphatic rings. The summed E-state index contributed by atoms with van der Waals surface area (Å²) in [6.07, 6.45) is 0.214. The molecule has 0 saturated carbocycles. The molecule has 0 aliphatic carbocycles. The number of carbonyl (C=O) groups is 1. The van der Waals surface area contributed by atoms with E-state index in [1.54, 1.807) is 18.0 Å². The molecule has 0 heterocycles. The number of hydrogen-bond acceptors (Lipinski definition) is 4. The maximum atomic E-state index is 13.2. The number of esters is 1. The highest BCUT2D eigenvalue weighted by molar-refractivity contribution is 5.70. The Kier molecular flexibility index (Phi) is 4.46. The van der Waals surface area contributed by atoms with Crippen LogP contribution < -0.4 is 4.90 Å². The summed E-state index contributed by atoms with van der Waals surface area (Å²) in [5.74, 6) is -0.794. The maximum Gasteiger partial charge on any atom is 0.307 e. The van der Waals surface area contributed by atoms with Crippen LogP contribution in [0.1, 0.15) is 12.0 Å². The van der Waals surface area contributed by atoms with Crippen molar-refractivity contribution in [2.24, 2.45) is 0 Å². The number of anilines is 1. The Morgan fingerprint density at radius 2 is 2.24 bits per heavy atom. The van der Waals surface area contributed by atoms with Crippen molar-refractivity contribution in [2.75, 3.05) is 25.6 Å². The van der Waals surface area contributed by atoms with Gasteiger partial charge in [0.15, 0.2) is 0 Å². The van der Waals surface area contributed by atoms with Gasteiger partial charge in [0.1, 0.15) is 5.82 Å². The molecule has 0 bridgehead atoms. The van der Waals surface area contributed by atoms with E-state index in [-0.39, 0.29) is 18.0 Å². The summed E-state index contributed by atoms with van der Waals surface area (Å²) in [6, 6.07) is 5.93. The van der Waals surface area contributed by atoms with Gasteiger partial charge >= 0.3 is 5.97 Å². The molecule has 0 aliphatic heterocycles. The minimum atomic E-state index is -0.469. The van der Waals surface area contributed by atoms with Crippen molar-refractivity contribution in [2.45, 2.75) is 6.42 Å². The predicted molar refractivity (Wildman–Crippen MR) is 61.0 cm³/mol. The summed E-state index contributed by atoms with van der Waals surface area (Å²) in [6.45, 7) is 0.404. The van der Waals surface area contributed by atoms with Crippen LogP contribution in [0.4, 0.5) is 10.1 Å². The highest BCUT2D eigenvalue weighted by Gasteiger charge is 2.07. The lowest BCUT2D eigenvalue weighted by Gasteiger charge is -2.18. The van der Waals surface area contributed by atoms with Crippen LogP contribution in [-0.2, 0) is 9.53 Å². The zero-order valence-corrected chi connectivity index (χ0v) is 9.74. The zero-order valence-electron chi connectivity index (χ0n) is 9.74. The molecule has 0 radical (unpaired) electrons. The fourth-order valence-corrected chi connectivity index (χ4v) is 1.35. The molecule has 1 aromatic rings. The Hall–Kier alpha value is -2.09. The standard InChI is InChI=1S/C12H13FN2O2/c1-15(4-3-12(16)17-2)11-6-9(8-14)5-10(13)7-11/h5-7H,3-4H2,1-2H3. The third kappa shape index (κ3) is 3.76. The van der Waals surface area contributed by atoms with E-state index in [1.165, 1.54) is 13.2 Å². The molecular formula is C12H13FN2O2. The van der Waals surface area contributed by atoms with Crippen molar-refractivity contribution < 1.29 is 13.9 Å². The smallest absolute Gasteiger partial charge is 0.307 e. The lowest BCUT2D eigenvalue weighted by molar-refractivity contribution is -0.140. The summed E-state index contributed by atoms with van der Waals surface area (Å²) in [5.41, 5.74) is 0.815.